The lowest BCUT2D eigenvalue weighted by Crippen LogP contribution is -2.13. The van der Waals surface area contributed by atoms with E-state index in [2.05, 4.69) is 15.3 Å². The molecule has 24 heavy (non-hydrogen) atoms. The molecule has 1 N–H and O–H groups in total. The Bertz CT molecular complexity index is 802. The average Bonchev–Trinajstić information content (AvgIpc) is 2.88. The van der Waals surface area contributed by atoms with E-state index in [0.29, 0.717) is 32.6 Å². The van der Waals surface area contributed by atoms with Crippen LogP contribution in [-0.4, -0.2) is 25.8 Å². The van der Waals surface area contributed by atoms with Gasteiger partial charge in [-0.15, -0.1) is 0 Å². The molecule has 0 radical (unpaired) electrons. The summed E-state index contributed by atoms with van der Waals surface area (Å²) in [5.41, 5.74) is 1.58. The molecule has 2 heterocycles. The van der Waals surface area contributed by atoms with Crippen molar-refractivity contribution in [3.05, 3.63) is 41.0 Å². The van der Waals surface area contributed by atoms with Gasteiger partial charge in [0.2, 0.25) is 0 Å². The molecule has 0 aliphatic rings. The van der Waals surface area contributed by atoms with E-state index < -0.39 is 16.6 Å². The number of carbonyl (C=O) groups is 1. The number of nitrogens with one attached hydrogen (secondary N) is 1. The Morgan fingerprint density at radius 3 is 2.88 bits per heavy atom. The number of hydrogen-bond acceptors (Lipinski definition) is 5. The van der Waals surface area contributed by atoms with Crippen molar-refractivity contribution in [3.8, 4) is 10.6 Å². The zero-order valence-electron chi connectivity index (χ0n) is 13.6. The second kappa shape index (κ2) is 8.25. The highest BCUT2D eigenvalue weighted by Crippen LogP contribution is 2.31. The molecule has 1 amide bonds. The van der Waals surface area contributed by atoms with Crippen LogP contribution < -0.4 is 5.32 Å². The van der Waals surface area contributed by atoms with Crippen LogP contribution >= 0.6 is 11.3 Å². The maximum absolute atomic E-state index is 13.3. The van der Waals surface area contributed by atoms with Crippen molar-refractivity contribution < 1.29 is 13.4 Å². The second-order valence-electron chi connectivity index (χ2n) is 5.17. The fourth-order valence-corrected chi connectivity index (χ4v) is 3.84. The number of nitrogens with zero attached hydrogens (tertiary/aromatic N) is 2. The number of pyridine rings is 1. The minimum absolute atomic E-state index is 0.324. The first-order valence-corrected chi connectivity index (χ1v) is 9.56. The first-order valence-electron chi connectivity index (χ1n) is 7.36. The number of rotatable bonds is 6. The summed E-state index contributed by atoms with van der Waals surface area (Å²) in [6, 6.07) is 1.34. The molecule has 1 atom stereocenters. The smallest absolute Gasteiger partial charge is 0.252 e. The number of carbonyl (C=O) groups excluding carboxylic acids is 1. The number of aromatic nitrogens is 2. The van der Waals surface area contributed by atoms with Crippen LogP contribution in [-0.2, 0) is 15.6 Å². The predicted octanol–water partition coefficient (Wildman–Crippen LogP) is 3.65. The maximum Gasteiger partial charge on any atom is 0.252 e. The van der Waals surface area contributed by atoms with Crippen molar-refractivity contribution in [3.63, 3.8) is 0 Å². The molecule has 0 bridgehead atoms. The minimum Gasteiger partial charge on any atom is -0.312 e. The molecule has 0 fully saturated rings. The average molecular weight is 367 g/mol. The van der Waals surface area contributed by atoms with Crippen LogP contribution in [0, 0.1) is 12.7 Å². The standard InChI is InChI=1S/C16H18FN3O2S2/c1-4-5-24(22)9-10(2)14(21)20-15-11(3)19-16(23-15)12-6-13(17)8-18-7-12/h6-9H,4-5H2,1-3H3,(H,20,21). The van der Waals surface area contributed by atoms with Gasteiger partial charge < -0.3 is 5.32 Å². The summed E-state index contributed by atoms with van der Waals surface area (Å²) < 4.78 is 25.0. The number of halogens is 1. The van der Waals surface area contributed by atoms with Gasteiger partial charge >= 0.3 is 0 Å². The van der Waals surface area contributed by atoms with Gasteiger partial charge in [0, 0.05) is 39.3 Å². The van der Waals surface area contributed by atoms with Crippen molar-refractivity contribution in [1.82, 2.24) is 9.97 Å². The van der Waals surface area contributed by atoms with Gasteiger partial charge in [0.05, 0.1) is 11.9 Å². The van der Waals surface area contributed by atoms with Crippen LogP contribution in [0.1, 0.15) is 26.0 Å². The van der Waals surface area contributed by atoms with Gasteiger partial charge in [-0.25, -0.2) is 9.37 Å². The Morgan fingerprint density at radius 2 is 2.21 bits per heavy atom. The number of amides is 1. The second-order valence-corrected chi connectivity index (χ2v) is 7.57. The van der Waals surface area contributed by atoms with E-state index in [9.17, 15) is 13.4 Å². The molecule has 1 unspecified atom stereocenters. The number of hydrogen-bond donors (Lipinski definition) is 1. The van der Waals surface area contributed by atoms with Gasteiger partial charge in [-0.2, -0.15) is 0 Å². The quantitative estimate of drug-likeness (QED) is 0.791. The van der Waals surface area contributed by atoms with Crippen LogP contribution in [0.25, 0.3) is 10.6 Å². The summed E-state index contributed by atoms with van der Waals surface area (Å²) in [4.78, 5) is 20.3. The molecule has 0 saturated heterocycles. The maximum atomic E-state index is 13.3. The molecule has 0 aliphatic heterocycles. The molecule has 0 aliphatic carbocycles. The number of thiazole rings is 1. The SMILES string of the molecule is CCCS(=O)C=C(C)C(=O)Nc1sc(-c2cncc(F)c2)nc1C. The van der Waals surface area contributed by atoms with E-state index in [0.717, 1.165) is 12.6 Å². The molecule has 8 heteroatoms. The van der Waals surface area contributed by atoms with Crippen molar-refractivity contribution in [2.75, 3.05) is 11.1 Å². The van der Waals surface area contributed by atoms with Crippen LogP contribution in [0.2, 0.25) is 0 Å². The van der Waals surface area contributed by atoms with Crippen molar-refractivity contribution in [2.24, 2.45) is 0 Å². The van der Waals surface area contributed by atoms with Gasteiger partial charge in [0.25, 0.3) is 5.91 Å². The Hall–Kier alpha value is -1.93. The van der Waals surface area contributed by atoms with Gasteiger partial charge in [0.1, 0.15) is 15.8 Å². The third-order valence-electron chi connectivity index (χ3n) is 3.05. The molecule has 0 saturated carbocycles. The van der Waals surface area contributed by atoms with Crippen LogP contribution in [0.4, 0.5) is 9.39 Å². The van der Waals surface area contributed by atoms with Crippen LogP contribution in [0.3, 0.4) is 0 Å². The van der Waals surface area contributed by atoms with E-state index in [-0.39, 0.29) is 5.91 Å². The van der Waals surface area contributed by atoms with Crippen LogP contribution in [0.15, 0.2) is 29.4 Å². The van der Waals surface area contributed by atoms with E-state index in [1.54, 1.807) is 13.8 Å². The summed E-state index contributed by atoms with van der Waals surface area (Å²) in [6.45, 7) is 5.32. The lowest BCUT2D eigenvalue weighted by molar-refractivity contribution is -0.112. The summed E-state index contributed by atoms with van der Waals surface area (Å²) in [6.07, 6.45) is 3.43. The summed E-state index contributed by atoms with van der Waals surface area (Å²) >= 11 is 1.24. The molecule has 5 nitrogen and oxygen atoms in total. The number of anilines is 1. The summed E-state index contributed by atoms with van der Waals surface area (Å²) in [5.74, 6) is -0.237. The highest BCUT2D eigenvalue weighted by molar-refractivity contribution is 7.88. The van der Waals surface area contributed by atoms with Gasteiger partial charge in [-0.1, -0.05) is 18.3 Å². The fourth-order valence-electron chi connectivity index (χ4n) is 1.88. The van der Waals surface area contributed by atoms with E-state index in [4.69, 9.17) is 0 Å². The monoisotopic (exact) mass is 367 g/mol. The third kappa shape index (κ3) is 4.78. The topological polar surface area (TPSA) is 72.0 Å². The first kappa shape index (κ1) is 18.4. The van der Waals surface area contributed by atoms with Crippen LogP contribution in [0.5, 0.6) is 0 Å². The largest absolute Gasteiger partial charge is 0.312 e. The predicted molar refractivity (Wildman–Crippen MR) is 95.7 cm³/mol. The highest BCUT2D eigenvalue weighted by Gasteiger charge is 2.14. The molecule has 2 rings (SSSR count). The highest BCUT2D eigenvalue weighted by atomic mass is 32.2. The molecule has 2 aromatic rings. The normalized spacial score (nSPS) is 12.9. The molecule has 0 aromatic carbocycles. The van der Waals surface area contributed by atoms with Gasteiger partial charge in [-0.3, -0.25) is 14.0 Å². The van der Waals surface area contributed by atoms with Gasteiger partial charge in [-0.05, 0) is 26.3 Å². The Morgan fingerprint density at radius 1 is 1.46 bits per heavy atom. The van der Waals surface area contributed by atoms with Crippen molar-refractivity contribution in [1.29, 1.82) is 0 Å². The molecular formula is C16H18FN3O2S2. The Balaban J connectivity index is 2.16. The van der Waals surface area contributed by atoms with Crippen molar-refractivity contribution in [2.45, 2.75) is 27.2 Å². The first-order chi connectivity index (χ1) is 11.4. The Labute approximate surface area is 146 Å². The lowest BCUT2D eigenvalue weighted by Gasteiger charge is -2.03. The van der Waals surface area contributed by atoms with E-state index in [1.165, 1.54) is 29.0 Å². The summed E-state index contributed by atoms with van der Waals surface area (Å²) in [7, 11) is -1.15. The molecule has 128 valence electrons. The summed E-state index contributed by atoms with van der Waals surface area (Å²) in [5, 5.41) is 5.38. The molecule has 2 aromatic heterocycles. The molecular weight excluding hydrogens is 349 g/mol. The molecule has 0 spiro atoms. The lowest BCUT2D eigenvalue weighted by atomic mass is 10.3. The minimum atomic E-state index is -1.15. The number of aryl methyl sites for hydroxylation is 1. The van der Waals surface area contributed by atoms with Crippen molar-refractivity contribution >= 4 is 33.0 Å². The Kier molecular flexibility index (Phi) is 6.33. The van der Waals surface area contributed by atoms with E-state index >= 15 is 0 Å². The third-order valence-corrected chi connectivity index (χ3v) is 5.60. The fraction of sp³-hybridized carbons (Fsp3) is 0.312. The van der Waals surface area contributed by atoms with E-state index in [1.807, 2.05) is 6.92 Å². The zero-order chi connectivity index (χ0) is 17.7. The zero-order valence-corrected chi connectivity index (χ0v) is 15.3. The van der Waals surface area contributed by atoms with Gasteiger partial charge in [0.15, 0.2) is 0 Å².